The van der Waals surface area contributed by atoms with Gasteiger partial charge < -0.3 is 10.2 Å². The van der Waals surface area contributed by atoms with E-state index in [1.54, 1.807) is 0 Å². The molecule has 4 heteroatoms. The van der Waals surface area contributed by atoms with E-state index < -0.39 is 0 Å². The molecule has 0 bridgehead atoms. The number of rotatable bonds is 2. The molecule has 2 fully saturated rings. The van der Waals surface area contributed by atoms with Gasteiger partial charge in [0.1, 0.15) is 0 Å². The molecule has 1 unspecified atom stereocenters. The average Bonchev–Trinajstić information content (AvgIpc) is 2.97. The maximum absolute atomic E-state index is 13.1. The molecular formula is C17H23ClN2O. The number of likely N-dealkylation sites (tertiary alicyclic amines) is 1. The average molecular weight is 307 g/mol. The number of amides is 1. The maximum Gasteiger partial charge on any atom is 0.229 e. The summed E-state index contributed by atoms with van der Waals surface area (Å²) in [6.45, 7) is 4.86. The molecule has 3 rings (SSSR count). The monoisotopic (exact) mass is 306 g/mol. The second-order valence-electron chi connectivity index (χ2n) is 6.49. The molecule has 1 atom stereocenters. The Bertz CT molecular complexity index is 525. The Morgan fingerprint density at radius 2 is 2.05 bits per heavy atom. The number of nitrogens with zero attached hydrogens (tertiary/aromatic N) is 1. The molecule has 1 amide bonds. The van der Waals surface area contributed by atoms with Gasteiger partial charge >= 0.3 is 0 Å². The zero-order valence-corrected chi connectivity index (χ0v) is 13.3. The molecule has 0 spiro atoms. The maximum atomic E-state index is 13.1. The second kappa shape index (κ2) is 5.98. The van der Waals surface area contributed by atoms with Crippen molar-refractivity contribution in [2.75, 3.05) is 19.6 Å². The molecule has 0 radical (unpaired) electrons. The summed E-state index contributed by atoms with van der Waals surface area (Å²) in [4.78, 5) is 15.1. The van der Waals surface area contributed by atoms with Crippen LogP contribution >= 0.6 is 11.6 Å². The van der Waals surface area contributed by atoms with Crippen molar-refractivity contribution >= 4 is 17.5 Å². The number of piperidine rings is 1. The Morgan fingerprint density at radius 3 is 2.76 bits per heavy atom. The van der Waals surface area contributed by atoms with Gasteiger partial charge in [-0.05, 0) is 50.4 Å². The molecule has 2 heterocycles. The Labute approximate surface area is 131 Å². The molecule has 2 saturated heterocycles. The van der Waals surface area contributed by atoms with Crippen LogP contribution in [0.25, 0.3) is 0 Å². The van der Waals surface area contributed by atoms with Gasteiger partial charge in [-0.3, -0.25) is 4.79 Å². The van der Waals surface area contributed by atoms with Gasteiger partial charge in [0.2, 0.25) is 5.91 Å². The minimum absolute atomic E-state index is 0.151. The Hall–Kier alpha value is -1.06. The van der Waals surface area contributed by atoms with Gasteiger partial charge in [0, 0.05) is 17.0 Å². The van der Waals surface area contributed by atoms with Gasteiger partial charge in [-0.2, -0.15) is 0 Å². The highest BCUT2D eigenvalue weighted by Crippen LogP contribution is 2.40. The Kier molecular flexibility index (Phi) is 4.23. The summed E-state index contributed by atoms with van der Waals surface area (Å²) in [5, 5.41) is 4.12. The molecule has 21 heavy (non-hydrogen) atoms. The van der Waals surface area contributed by atoms with Crippen LogP contribution in [0.3, 0.4) is 0 Å². The number of hydrogen-bond acceptors (Lipinski definition) is 2. The molecule has 1 N–H and O–H groups in total. The summed E-state index contributed by atoms with van der Waals surface area (Å²) in [6.07, 6.45) is 3.94. The van der Waals surface area contributed by atoms with Crippen LogP contribution in [0.4, 0.5) is 0 Å². The van der Waals surface area contributed by atoms with Crippen molar-refractivity contribution in [2.24, 2.45) is 5.41 Å². The van der Waals surface area contributed by atoms with Crippen LogP contribution in [-0.4, -0.2) is 30.4 Å². The molecule has 1 aromatic carbocycles. The molecule has 0 aliphatic carbocycles. The smallest absolute Gasteiger partial charge is 0.229 e. The van der Waals surface area contributed by atoms with Gasteiger partial charge in [0.05, 0.1) is 6.04 Å². The van der Waals surface area contributed by atoms with E-state index in [2.05, 4.69) is 23.2 Å². The van der Waals surface area contributed by atoms with E-state index in [9.17, 15) is 4.79 Å². The van der Waals surface area contributed by atoms with Crippen LogP contribution < -0.4 is 5.32 Å². The third-order valence-corrected chi connectivity index (χ3v) is 5.35. The molecular weight excluding hydrogens is 284 g/mol. The van der Waals surface area contributed by atoms with E-state index in [-0.39, 0.29) is 11.5 Å². The third kappa shape index (κ3) is 2.82. The number of carbonyl (C=O) groups is 1. The highest BCUT2D eigenvalue weighted by Gasteiger charge is 2.42. The van der Waals surface area contributed by atoms with Gasteiger partial charge in [0.25, 0.3) is 0 Å². The van der Waals surface area contributed by atoms with Gasteiger partial charge in [-0.1, -0.05) is 36.7 Å². The summed E-state index contributed by atoms with van der Waals surface area (Å²) in [6, 6.07) is 8.08. The van der Waals surface area contributed by atoms with Crippen LogP contribution in [0.5, 0.6) is 0 Å². The first-order chi connectivity index (χ1) is 10.1. The zero-order chi connectivity index (χ0) is 14.9. The number of nitrogens with one attached hydrogen (secondary N) is 1. The van der Waals surface area contributed by atoms with E-state index in [4.69, 9.17) is 11.6 Å². The first-order valence-corrected chi connectivity index (χ1v) is 8.26. The molecule has 3 nitrogen and oxygen atoms in total. The van der Waals surface area contributed by atoms with E-state index in [1.165, 1.54) is 0 Å². The van der Waals surface area contributed by atoms with Crippen molar-refractivity contribution < 1.29 is 4.79 Å². The second-order valence-corrected chi connectivity index (χ2v) is 6.90. The predicted octanol–water partition coefficient (Wildman–Crippen LogP) is 3.39. The molecule has 114 valence electrons. The fourth-order valence-electron chi connectivity index (χ4n) is 3.62. The Morgan fingerprint density at radius 1 is 1.33 bits per heavy atom. The lowest BCUT2D eigenvalue weighted by Gasteiger charge is -2.38. The molecule has 0 saturated carbocycles. The highest BCUT2D eigenvalue weighted by atomic mass is 35.5. The molecule has 2 aliphatic heterocycles. The summed E-state index contributed by atoms with van der Waals surface area (Å²) >= 11 is 6.35. The third-order valence-electron chi connectivity index (χ3n) is 5.00. The fraction of sp³-hybridized carbons (Fsp3) is 0.588. The summed E-state index contributed by atoms with van der Waals surface area (Å²) in [5.74, 6) is 0.311. The van der Waals surface area contributed by atoms with Crippen LogP contribution in [0, 0.1) is 5.41 Å². The van der Waals surface area contributed by atoms with Crippen molar-refractivity contribution in [1.82, 2.24) is 10.2 Å². The van der Waals surface area contributed by atoms with Crippen molar-refractivity contribution in [3.05, 3.63) is 34.9 Å². The standard InChI is InChI=1S/C17H23ClN2O/c1-17(8-10-19-11-9-17)16(21)20-12-4-7-15(20)13-5-2-3-6-14(13)18/h2-3,5-6,15,19H,4,7-12H2,1H3. The predicted molar refractivity (Wildman–Crippen MR) is 85.4 cm³/mol. The van der Waals surface area contributed by atoms with E-state index >= 15 is 0 Å². The van der Waals surface area contributed by atoms with Crippen molar-refractivity contribution in [2.45, 2.75) is 38.6 Å². The van der Waals surface area contributed by atoms with Crippen LogP contribution in [0.1, 0.15) is 44.2 Å². The summed E-state index contributed by atoms with van der Waals surface area (Å²) in [7, 11) is 0. The van der Waals surface area contributed by atoms with E-state index in [0.717, 1.165) is 55.9 Å². The van der Waals surface area contributed by atoms with E-state index in [0.29, 0.717) is 5.91 Å². The van der Waals surface area contributed by atoms with Crippen LogP contribution in [-0.2, 0) is 4.79 Å². The lowest BCUT2D eigenvalue weighted by Crippen LogP contribution is -2.47. The quantitative estimate of drug-likeness (QED) is 0.908. The number of benzene rings is 1. The minimum atomic E-state index is -0.213. The highest BCUT2D eigenvalue weighted by molar-refractivity contribution is 6.31. The normalized spacial score (nSPS) is 25.0. The summed E-state index contributed by atoms with van der Waals surface area (Å²) in [5.41, 5.74) is 0.886. The minimum Gasteiger partial charge on any atom is -0.335 e. The van der Waals surface area contributed by atoms with E-state index in [1.807, 2.05) is 18.2 Å². The van der Waals surface area contributed by atoms with Crippen LogP contribution in [0.2, 0.25) is 5.02 Å². The number of carbonyl (C=O) groups excluding carboxylic acids is 1. The van der Waals surface area contributed by atoms with Crippen molar-refractivity contribution in [1.29, 1.82) is 0 Å². The van der Waals surface area contributed by atoms with Gasteiger partial charge in [-0.15, -0.1) is 0 Å². The lowest BCUT2D eigenvalue weighted by atomic mass is 9.79. The number of hydrogen-bond donors (Lipinski definition) is 1. The van der Waals surface area contributed by atoms with Crippen molar-refractivity contribution in [3.8, 4) is 0 Å². The first-order valence-electron chi connectivity index (χ1n) is 7.88. The zero-order valence-electron chi connectivity index (χ0n) is 12.6. The summed E-state index contributed by atoms with van der Waals surface area (Å²) < 4.78 is 0. The Balaban J connectivity index is 1.84. The van der Waals surface area contributed by atoms with Crippen LogP contribution in [0.15, 0.2) is 24.3 Å². The topological polar surface area (TPSA) is 32.3 Å². The fourth-order valence-corrected chi connectivity index (χ4v) is 3.88. The van der Waals surface area contributed by atoms with Crippen molar-refractivity contribution in [3.63, 3.8) is 0 Å². The first kappa shape index (κ1) is 14.9. The largest absolute Gasteiger partial charge is 0.335 e. The van der Waals surface area contributed by atoms with Gasteiger partial charge in [0.15, 0.2) is 0 Å². The SMILES string of the molecule is CC1(C(=O)N2CCCC2c2ccccc2Cl)CCNCC1. The molecule has 2 aliphatic rings. The lowest BCUT2D eigenvalue weighted by molar-refractivity contribution is -0.143. The molecule has 0 aromatic heterocycles. The number of halogens is 1. The van der Waals surface area contributed by atoms with Gasteiger partial charge in [-0.25, -0.2) is 0 Å². The molecule has 1 aromatic rings.